The fourth-order valence-electron chi connectivity index (χ4n) is 0.951. The van der Waals surface area contributed by atoms with Crippen LogP contribution in [0, 0.1) is 0 Å². The summed E-state index contributed by atoms with van der Waals surface area (Å²) in [6, 6.07) is 0. The Bertz CT molecular complexity index is 199. The number of rotatable bonds is 1. The molecule has 0 saturated carbocycles. The first kappa shape index (κ1) is 7.06. The van der Waals surface area contributed by atoms with Gasteiger partial charge in [0.05, 0.1) is 0 Å². The average Bonchev–Trinajstić information content (AvgIpc) is 2.36. The van der Waals surface area contributed by atoms with Gasteiger partial charge in [0, 0.05) is 18.8 Å². The molecule has 1 heterocycles. The van der Waals surface area contributed by atoms with Gasteiger partial charge in [-0.2, -0.15) is 0 Å². The highest BCUT2D eigenvalue weighted by Crippen LogP contribution is 2.05. The van der Waals surface area contributed by atoms with Crippen molar-refractivity contribution in [1.29, 1.82) is 0 Å². The molecule has 0 radical (unpaired) electrons. The second-order valence-corrected chi connectivity index (χ2v) is 2.12. The first-order chi connectivity index (χ1) is 4.88. The van der Waals surface area contributed by atoms with E-state index in [2.05, 4.69) is 23.3 Å². The minimum Gasteiger partial charge on any atom is -0.346 e. The van der Waals surface area contributed by atoms with E-state index in [0.29, 0.717) is 0 Å². The van der Waals surface area contributed by atoms with Crippen molar-refractivity contribution in [3.8, 4) is 0 Å². The molecule has 0 atom stereocenters. The van der Waals surface area contributed by atoms with Gasteiger partial charge in [-0.05, 0) is 12.5 Å². The minimum atomic E-state index is 0.974. The van der Waals surface area contributed by atoms with Crippen LogP contribution in [-0.4, -0.2) is 12.9 Å². The van der Waals surface area contributed by atoms with Gasteiger partial charge in [-0.1, -0.05) is 13.0 Å². The standard InChI is InChI=1S/C8H12N2/c1-3-4-7-5-6-10-8(7)9-2/h4-6H,3H2,1-2H3,(H,9,10)/b7-4-. The molecule has 0 aromatic heterocycles. The second-order valence-electron chi connectivity index (χ2n) is 2.12. The van der Waals surface area contributed by atoms with Gasteiger partial charge in [0.25, 0.3) is 0 Å². The molecule has 0 aliphatic carbocycles. The van der Waals surface area contributed by atoms with E-state index >= 15 is 0 Å². The van der Waals surface area contributed by atoms with Crippen LogP contribution in [0.25, 0.3) is 0 Å². The Balaban J connectivity index is 2.76. The Morgan fingerprint density at radius 2 is 2.50 bits per heavy atom. The number of nitrogens with one attached hydrogen (secondary N) is 1. The van der Waals surface area contributed by atoms with Crippen molar-refractivity contribution in [2.45, 2.75) is 13.3 Å². The molecule has 0 fully saturated rings. The SMILES string of the molecule is CC/C=C1/C=CNC1=NC. The van der Waals surface area contributed by atoms with Crippen molar-refractivity contribution < 1.29 is 0 Å². The summed E-state index contributed by atoms with van der Waals surface area (Å²) in [5.74, 6) is 0.974. The maximum Gasteiger partial charge on any atom is 0.131 e. The van der Waals surface area contributed by atoms with Crippen LogP contribution in [-0.2, 0) is 0 Å². The first-order valence-corrected chi connectivity index (χ1v) is 3.49. The lowest BCUT2D eigenvalue weighted by atomic mass is 10.2. The molecule has 2 heteroatoms. The zero-order chi connectivity index (χ0) is 7.40. The van der Waals surface area contributed by atoms with Gasteiger partial charge in [-0.25, -0.2) is 0 Å². The highest BCUT2D eigenvalue weighted by molar-refractivity contribution is 6.03. The molecule has 10 heavy (non-hydrogen) atoms. The largest absolute Gasteiger partial charge is 0.346 e. The van der Waals surface area contributed by atoms with Crippen LogP contribution in [0.1, 0.15) is 13.3 Å². The molecule has 1 rings (SSSR count). The lowest BCUT2D eigenvalue weighted by Gasteiger charge is -1.96. The number of amidine groups is 1. The first-order valence-electron chi connectivity index (χ1n) is 3.49. The van der Waals surface area contributed by atoms with E-state index in [4.69, 9.17) is 0 Å². The summed E-state index contributed by atoms with van der Waals surface area (Å²) >= 11 is 0. The van der Waals surface area contributed by atoms with Crippen LogP contribution in [0.2, 0.25) is 0 Å². The molecule has 1 N–H and O–H groups in total. The summed E-state index contributed by atoms with van der Waals surface area (Å²) in [4.78, 5) is 4.06. The Morgan fingerprint density at radius 3 is 3.10 bits per heavy atom. The van der Waals surface area contributed by atoms with Gasteiger partial charge < -0.3 is 5.32 Å². The van der Waals surface area contributed by atoms with Crippen LogP contribution in [0.15, 0.2) is 28.9 Å². The van der Waals surface area contributed by atoms with E-state index in [1.807, 2.05) is 12.3 Å². The zero-order valence-corrected chi connectivity index (χ0v) is 6.39. The van der Waals surface area contributed by atoms with Gasteiger partial charge in [-0.3, -0.25) is 4.99 Å². The fourth-order valence-corrected chi connectivity index (χ4v) is 0.951. The zero-order valence-electron chi connectivity index (χ0n) is 6.39. The van der Waals surface area contributed by atoms with Crippen LogP contribution in [0.5, 0.6) is 0 Å². The Kier molecular flexibility index (Phi) is 2.26. The molecule has 0 bridgehead atoms. The van der Waals surface area contributed by atoms with Crippen LogP contribution >= 0.6 is 0 Å². The van der Waals surface area contributed by atoms with Crippen molar-refractivity contribution in [2.75, 3.05) is 7.05 Å². The number of nitrogens with zero attached hydrogens (tertiary/aromatic N) is 1. The van der Waals surface area contributed by atoms with Gasteiger partial charge in [0.15, 0.2) is 0 Å². The molecule has 0 aromatic rings. The van der Waals surface area contributed by atoms with E-state index in [9.17, 15) is 0 Å². The smallest absolute Gasteiger partial charge is 0.131 e. The predicted octanol–water partition coefficient (Wildman–Crippen LogP) is 1.47. The Hall–Kier alpha value is -1.05. The highest BCUT2D eigenvalue weighted by atomic mass is 15.0. The third-order valence-corrected chi connectivity index (χ3v) is 1.40. The van der Waals surface area contributed by atoms with Gasteiger partial charge in [-0.15, -0.1) is 0 Å². The molecular formula is C8H12N2. The third-order valence-electron chi connectivity index (χ3n) is 1.40. The predicted molar refractivity (Wildman–Crippen MR) is 44.0 cm³/mol. The minimum absolute atomic E-state index is 0.974. The van der Waals surface area contributed by atoms with Gasteiger partial charge >= 0.3 is 0 Å². The quantitative estimate of drug-likeness (QED) is 0.580. The molecule has 0 amide bonds. The maximum absolute atomic E-state index is 4.06. The van der Waals surface area contributed by atoms with E-state index in [1.165, 1.54) is 5.57 Å². The Morgan fingerprint density at radius 1 is 1.70 bits per heavy atom. The number of aliphatic imine (C=N–C) groups is 1. The van der Waals surface area contributed by atoms with Crippen molar-refractivity contribution >= 4 is 5.84 Å². The van der Waals surface area contributed by atoms with E-state index in [-0.39, 0.29) is 0 Å². The maximum atomic E-state index is 4.06. The summed E-state index contributed by atoms with van der Waals surface area (Å²) in [6.07, 6.45) is 7.15. The van der Waals surface area contributed by atoms with Crippen LogP contribution in [0.4, 0.5) is 0 Å². The topological polar surface area (TPSA) is 24.4 Å². The van der Waals surface area contributed by atoms with Gasteiger partial charge in [0.1, 0.15) is 5.84 Å². The summed E-state index contributed by atoms with van der Waals surface area (Å²) < 4.78 is 0. The van der Waals surface area contributed by atoms with E-state index in [0.717, 1.165) is 12.3 Å². The highest BCUT2D eigenvalue weighted by Gasteiger charge is 2.04. The van der Waals surface area contributed by atoms with Crippen molar-refractivity contribution in [3.63, 3.8) is 0 Å². The monoisotopic (exact) mass is 136 g/mol. The molecule has 0 unspecified atom stereocenters. The molecule has 1 aliphatic rings. The molecule has 0 saturated heterocycles. The fraction of sp³-hybridized carbons (Fsp3) is 0.375. The normalized spacial score (nSPS) is 24.2. The van der Waals surface area contributed by atoms with Crippen molar-refractivity contribution in [3.05, 3.63) is 23.9 Å². The lowest BCUT2D eigenvalue weighted by Crippen LogP contribution is -2.12. The lowest BCUT2D eigenvalue weighted by molar-refractivity contribution is 1.21. The number of hydrogen-bond acceptors (Lipinski definition) is 1. The van der Waals surface area contributed by atoms with Gasteiger partial charge in [0.2, 0.25) is 0 Å². The van der Waals surface area contributed by atoms with Crippen molar-refractivity contribution in [2.24, 2.45) is 4.99 Å². The number of hydrogen-bond donors (Lipinski definition) is 1. The average molecular weight is 136 g/mol. The molecule has 0 aromatic carbocycles. The molecule has 1 aliphatic heterocycles. The summed E-state index contributed by atoms with van der Waals surface area (Å²) in [6.45, 7) is 2.12. The Labute approximate surface area is 61.4 Å². The third kappa shape index (κ3) is 1.26. The van der Waals surface area contributed by atoms with Crippen LogP contribution < -0.4 is 5.32 Å². The summed E-state index contributed by atoms with van der Waals surface area (Å²) in [7, 11) is 1.79. The summed E-state index contributed by atoms with van der Waals surface area (Å²) in [5.41, 5.74) is 1.20. The van der Waals surface area contributed by atoms with E-state index in [1.54, 1.807) is 7.05 Å². The number of allylic oxidation sites excluding steroid dienone is 1. The van der Waals surface area contributed by atoms with Crippen molar-refractivity contribution in [1.82, 2.24) is 5.32 Å². The van der Waals surface area contributed by atoms with Crippen LogP contribution in [0.3, 0.4) is 0 Å². The molecular weight excluding hydrogens is 124 g/mol. The molecule has 2 nitrogen and oxygen atoms in total. The molecule has 0 spiro atoms. The van der Waals surface area contributed by atoms with E-state index < -0.39 is 0 Å². The second kappa shape index (κ2) is 3.20. The molecule has 54 valence electrons. The summed E-state index contributed by atoms with van der Waals surface area (Å²) in [5, 5.41) is 3.04.